The van der Waals surface area contributed by atoms with Gasteiger partial charge in [0.2, 0.25) is 0 Å². The van der Waals surface area contributed by atoms with Gasteiger partial charge in [0.25, 0.3) is 0 Å². The van der Waals surface area contributed by atoms with Gasteiger partial charge in [-0.25, -0.2) is 0 Å². The zero-order valence-corrected chi connectivity index (χ0v) is 23.8. The zero-order valence-electron chi connectivity index (χ0n) is 23.8. The lowest BCUT2D eigenvalue weighted by Gasteiger charge is -2.17. The first kappa shape index (κ1) is 31.7. The van der Waals surface area contributed by atoms with E-state index in [2.05, 4.69) is 32.9 Å². The molecule has 0 aromatic heterocycles. The number of hydrogen-bond donors (Lipinski definition) is 0. The minimum Gasteiger partial charge on any atom is -0.465 e. The van der Waals surface area contributed by atoms with Crippen LogP contribution in [0.2, 0.25) is 0 Å². The fourth-order valence-corrected chi connectivity index (χ4v) is 4.93. The second-order valence-corrected chi connectivity index (χ2v) is 10.9. The van der Waals surface area contributed by atoms with Crippen molar-refractivity contribution < 1.29 is 9.53 Å². The average Bonchev–Trinajstić information content (AvgIpc) is 2.86. The first-order valence-corrected chi connectivity index (χ1v) is 15.4. The lowest BCUT2D eigenvalue weighted by molar-refractivity contribution is -0.144. The summed E-state index contributed by atoms with van der Waals surface area (Å²) in [7, 11) is 0. The van der Waals surface area contributed by atoms with Gasteiger partial charge in [-0.1, -0.05) is 159 Å². The van der Waals surface area contributed by atoms with Crippen molar-refractivity contribution in [2.24, 2.45) is 5.92 Å². The zero-order chi connectivity index (χ0) is 25.4. The van der Waals surface area contributed by atoms with Crippen LogP contribution in [0, 0.1) is 12.8 Å². The third-order valence-corrected chi connectivity index (χ3v) is 7.38. The highest BCUT2D eigenvalue weighted by atomic mass is 16.5. The number of benzene rings is 1. The second kappa shape index (κ2) is 23.1. The van der Waals surface area contributed by atoms with E-state index in [0.29, 0.717) is 18.9 Å². The Morgan fingerprint density at radius 2 is 1.03 bits per heavy atom. The van der Waals surface area contributed by atoms with Gasteiger partial charge in [0.1, 0.15) is 0 Å². The van der Waals surface area contributed by atoms with Crippen LogP contribution in [-0.2, 0) is 16.0 Å². The lowest BCUT2D eigenvalue weighted by Crippen LogP contribution is -2.16. The molecule has 202 valence electrons. The molecule has 0 fully saturated rings. The van der Waals surface area contributed by atoms with E-state index in [1.807, 2.05) is 12.1 Å². The van der Waals surface area contributed by atoms with Gasteiger partial charge in [-0.3, -0.25) is 4.79 Å². The number of esters is 1. The van der Waals surface area contributed by atoms with E-state index in [-0.39, 0.29) is 5.97 Å². The van der Waals surface area contributed by atoms with E-state index >= 15 is 0 Å². The third-order valence-electron chi connectivity index (χ3n) is 7.38. The molecular formula is C33H58O2. The smallest absolute Gasteiger partial charge is 0.310 e. The standard InChI is InChI=1S/C33H58O2/c1-4-6-8-10-12-14-15-17-19-21-23-32(22-20-18-16-13-11-9-7-5-2)29-35-33(34)28-31-26-24-30(3)25-27-31/h24-27,32H,4-23,28-29H2,1-3H3. The molecule has 1 atom stereocenters. The summed E-state index contributed by atoms with van der Waals surface area (Å²) in [6.07, 6.45) is 27.4. The minimum atomic E-state index is -0.0714. The summed E-state index contributed by atoms with van der Waals surface area (Å²) in [4.78, 5) is 12.4. The summed E-state index contributed by atoms with van der Waals surface area (Å²) in [5.41, 5.74) is 2.28. The van der Waals surface area contributed by atoms with Crippen LogP contribution >= 0.6 is 0 Å². The van der Waals surface area contributed by atoms with E-state index in [4.69, 9.17) is 4.74 Å². The Morgan fingerprint density at radius 1 is 0.629 bits per heavy atom. The first-order valence-electron chi connectivity index (χ1n) is 15.4. The normalized spacial score (nSPS) is 12.1. The van der Waals surface area contributed by atoms with Crippen LogP contribution in [0.3, 0.4) is 0 Å². The van der Waals surface area contributed by atoms with Gasteiger partial charge in [0.15, 0.2) is 0 Å². The maximum Gasteiger partial charge on any atom is 0.310 e. The Bertz CT molecular complexity index is 592. The van der Waals surface area contributed by atoms with Crippen molar-refractivity contribution in [2.45, 2.75) is 156 Å². The van der Waals surface area contributed by atoms with E-state index in [9.17, 15) is 4.79 Å². The molecule has 2 nitrogen and oxygen atoms in total. The molecule has 0 heterocycles. The van der Waals surface area contributed by atoms with Crippen molar-refractivity contribution in [3.63, 3.8) is 0 Å². The number of carbonyl (C=O) groups is 1. The van der Waals surface area contributed by atoms with Crippen molar-refractivity contribution in [3.05, 3.63) is 35.4 Å². The van der Waals surface area contributed by atoms with Crippen LogP contribution in [0.4, 0.5) is 0 Å². The van der Waals surface area contributed by atoms with Crippen molar-refractivity contribution in [1.82, 2.24) is 0 Å². The highest BCUT2D eigenvalue weighted by molar-refractivity contribution is 5.72. The second-order valence-electron chi connectivity index (χ2n) is 10.9. The molecule has 0 aliphatic rings. The van der Waals surface area contributed by atoms with Gasteiger partial charge in [-0.05, 0) is 31.2 Å². The molecular weight excluding hydrogens is 428 g/mol. The topological polar surface area (TPSA) is 26.3 Å². The number of hydrogen-bond acceptors (Lipinski definition) is 2. The molecule has 1 aromatic carbocycles. The molecule has 1 rings (SSSR count). The van der Waals surface area contributed by atoms with Crippen molar-refractivity contribution >= 4 is 5.97 Å². The van der Waals surface area contributed by atoms with Gasteiger partial charge in [0, 0.05) is 0 Å². The quantitative estimate of drug-likeness (QED) is 0.107. The van der Waals surface area contributed by atoms with Crippen LogP contribution in [0.15, 0.2) is 24.3 Å². The Balaban J connectivity index is 2.25. The maximum absolute atomic E-state index is 12.4. The predicted octanol–water partition coefficient (Wildman–Crippen LogP) is 10.5. The van der Waals surface area contributed by atoms with Gasteiger partial charge >= 0.3 is 5.97 Å². The van der Waals surface area contributed by atoms with Gasteiger partial charge in [-0.15, -0.1) is 0 Å². The van der Waals surface area contributed by atoms with E-state index in [0.717, 1.165) is 5.56 Å². The number of carbonyl (C=O) groups excluding carboxylic acids is 1. The van der Waals surface area contributed by atoms with E-state index in [1.165, 1.54) is 134 Å². The number of aryl methyl sites for hydroxylation is 1. The van der Waals surface area contributed by atoms with Crippen molar-refractivity contribution in [2.75, 3.05) is 6.61 Å². The SMILES string of the molecule is CCCCCCCCCCCCC(CCCCCCCCCC)COC(=O)Cc1ccc(C)cc1. The van der Waals surface area contributed by atoms with E-state index < -0.39 is 0 Å². The molecule has 0 spiro atoms. The molecule has 0 aliphatic heterocycles. The molecule has 0 saturated carbocycles. The summed E-state index contributed by atoms with van der Waals surface area (Å²) >= 11 is 0. The van der Waals surface area contributed by atoms with Crippen LogP contribution in [-0.4, -0.2) is 12.6 Å². The lowest BCUT2D eigenvalue weighted by atomic mass is 9.94. The van der Waals surface area contributed by atoms with Gasteiger partial charge in [0.05, 0.1) is 13.0 Å². The predicted molar refractivity (Wildman–Crippen MR) is 153 cm³/mol. The van der Waals surface area contributed by atoms with Gasteiger partial charge < -0.3 is 4.74 Å². The fourth-order valence-electron chi connectivity index (χ4n) is 4.93. The molecule has 0 bridgehead atoms. The number of ether oxygens (including phenoxy) is 1. The largest absolute Gasteiger partial charge is 0.465 e. The maximum atomic E-state index is 12.4. The van der Waals surface area contributed by atoms with Gasteiger partial charge in [-0.2, -0.15) is 0 Å². The van der Waals surface area contributed by atoms with Crippen LogP contribution in [0.5, 0.6) is 0 Å². The van der Waals surface area contributed by atoms with E-state index in [1.54, 1.807) is 0 Å². The summed E-state index contributed by atoms with van der Waals surface area (Å²) < 4.78 is 5.76. The summed E-state index contributed by atoms with van der Waals surface area (Å²) in [5, 5.41) is 0. The fraction of sp³-hybridized carbons (Fsp3) is 0.788. The van der Waals surface area contributed by atoms with Crippen LogP contribution in [0.25, 0.3) is 0 Å². The average molecular weight is 487 g/mol. The number of unbranched alkanes of at least 4 members (excludes halogenated alkanes) is 16. The minimum absolute atomic E-state index is 0.0714. The third kappa shape index (κ3) is 19.5. The van der Waals surface area contributed by atoms with Crippen LogP contribution < -0.4 is 0 Å². The Morgan fingerprint density at radius 3 is 1.46 bits per heavy atom. The van der Waals surface area contributed by atoms with Crippen molar-refractivity contribution in [3.8, 4) is 0 Å². The summed E-state index contributed by atoms with van der Waals surface area (Å²) in [6.45, 7) is 7.25. The molecule has 0 radical (unpaired) electrons. The Labute approximate surface area is 219 Å². The summed E-state index contributed by atoms with van der Waals surface area (Å²) in [6, 6.07) is 8.22. The molecule has 1 unspecified atom stereocenters. The van der Waals surface area contributed by atoms with Crippen molar-refractivity contribution in [1.29, 1.82) is 0 Å². The molecule has 0 aliphatic carbocycles. The molecule has 0 saturated heterocycles. The van der Waals surface area contributed by atoms with Crippen LogP contribution in [0.1, 0.15) is 153 Å². The summed E-state index contributed by atoms with van der Waals surface area (Å²) in [5.74, 6) is 0.462. The first-order chi connectivity index (χ1) is 17.2. The molecule has 1 aromatic rings. The Kier molecular flexibility index (Phi) is 20.9. The molecule has 2 heteroatoms. The monoisotopic (exact) mass is 486 g/mol. The molecule has 0 N–H and O–H groups in total. The highest BCUT2D eigenvalue weighted by Crippen LogP contribution is 2.20. The highest BCUT2D eigenvalue weighted by Gasteiger charge is 2.13. The molecule has 0 amide bonds. The Hall–Kier alpha value is -1.31. The number of rotatable bonds is 24. The molecule has 35 heavy (non-hydrogen) atoms.